The molecule has 158 valence electrons. The van der Waals surface area contributed by atoms with E-state index in [1.54, 1.807) is 29.0 Å². The molecule has 2 aromatic heterocycles. The lowest BCUT2D eigenvalue weighted by Gasteiger charge is -2.31. The zero-order valence-electron chi connectivity index (χ0n) is 17.3. The van der Waals surface area contributed by atoms with E-state index in [0.29, 0.717) is 19.0 Å². The summed E-state index contributed by atoms with van der Waals surface area (Å²) in [5.74, 6) is 1.66. The van der Waals surface area contributed by atoms with Crippen LogP contribution in [0.1, 0.15) is 31.2 Å². The Hall–Kier alpha value is -2.17. The van der Waals surface area contributed by atoms with Crippen LogP contribution in [-0.2, 0) is 11.3 Å². The van der Waals surface area contributed by atoms with Gasteiger partial charge in [0.1, 0.15) is 0 Å². The lowest BCUT2D eigenvalue weighted by molar-refractivity contribution is -0.138. The molecule has 9 heteroatoms. The summed E-state index contributed by atoms with van der Waals surface area (Å²) in [6.45, 7) is 1.20. The Morgan fingerprint density at radius 2 is 2.03 bits per heavy atom. The van der Waals surface area contributed by atoms with Gasteiger partial charge in [0.25, 0.3) is 0 Å². The van der Waals surface area contributed by atoms with Crippen LogP contribution in [0, 0.1) is 5.41 Å². The fourth-order valence-corrected chi connectivity index (χ4v) is 3.75. The number of amides is 1. The number of carbonyl (C=O) groups excluding carboxylic acids is 1. The van der Waals surface area contributed by atoms with Crippen LogP contribution in [0.25, 0.3) is 5.82 Å². The van der Waals surface area contributed by atoms with E-state index >= 15 is 0 Å². The van der Waals surface area contributed by atoms with Crippen molar-refractivity contribution in [3.8, 4) is 5.82 Å². The smallest absolute Gasteiger partial charge is 0.230 e. The minimum atomic E-state index is -0.328. The molecular formula is C20H30IN7O. The summed E-state index contributed by atoms with van der Waals surface area (Å²) in [4.78, 5) is 23.1. The molecule has 0 saturated heterocycles. The standard InChI is InChI=1S/C20H29N7O.HI/c1-21-19(24-15-20(8-4-5-9-20)18(28)26(2)3)23-14-16-7-11-22-17(13-16)27-12-6-10-25-27;/h6-7,10-13H,4-5,8-9,14-15H2,1-3H3,(H2,21,23,24);1H. The number of hydrogen-bond donors (Lipinski definition) is 2. The Labute approximate surface area is 189 Å². The topological polar surface area (TPSA) is 87.4 Å². The second-order valence-electron chi connectivity index (χ2n) is 7.44. The predicted octanol–water partition coefficient (Wildman–Crippen LogP) is 2.20. The summed E-state index contributed by atoms with van der Waals surface area (Å²) in [6, 6.07) is 5.81. The summed E-state index contributed by atoms with van der Waals surface area (Å²) < 4.78 is 1.73. The Bertz CT molecular complexity index is 814. The number of nitrogens with one attached hydrogen (secondary N) is 2. The van der Waals surface area contributed by atoms with Gasteiger partial charge in [-0.15, -0.1) is 24.0 Å². The number of carbonyl (C=O) groups is 1. The highest BCUT2D eigenvalue weighted by molar-refractivity contribution is 14.0. The maximum atomic E-state index is 12.7. The first-order valence-corrected chi connectivity index (χ1v) is 9.65. The molecule has 2 heterocycles. The van der Waals surface area contributed by atoms with Crippen LogP contribution in [0.3, 0.4) is 0 Å². The van der Waals surface area contributed by atoms with Gasteiger partial charge >= 0.3 is 0 Å². The number of hydrogen-bond acceptors (Lipinski definition) is 4. The van der Waals surface area contributed by atoms with Gasteiger partial charge in [-0.1, -0.05) is 12.8 Å². The first-order valence-electron chi connectivity index (χ1n) is 9.65. The van der Waals surface area contributed by atoms with Crippen LogP contribution >= 0.6 is 24.0 Å². The normalized spacial score (nSPS) is 15.5. The van der Waals surface area contributed by atoms with E-state index in [-0.39, 0.29) is 35.3 Å². The number of pyridine rings is 1. The van der Waals surface area contributed by atoms with Crippen LogP contribution in [-0.4, -0.2) is 59.2 Å². The Balaban J connectivity index is 0.00000300. The number of rotatable bonds is 6. The molecule has 0 unspecified atom stereocenters. The second kappa shape index (κ2) is 10.6. The molecular weight excluding hydrogens is 481 g/mol. The molecule has 0 aromatic carbocycles. The summed E-state index contributed by atoms with van der Waals surface area (Å²) in [5.41, 5.74) is 0.744. The molecule has 2 N–H and O–H groups in total. The van der Waals surface area contributed by atoms with Crippen molar-refractivity contribution in [1.29, 1.82) is 0 Å². The lowest BCUT2D eigenvalue weighted by atomic mass is 9.84. The molecule has 1 saturated carbocycles. The van der Waals surface area contributed by atoms with Gasteiger partial charge in [0.15, 0.2) is 11.8 Å². The van der Waals surface area contributed by atoms with Gasteiger partial charge in [0.2, 0.25) is 5.91 Å². The highest BCUT2D eigenvalue weighted by atomic mass is 127. The van der Waals surface area contributed by atoms with Crippen molar-refractivity contribution >= 4 is 35.8 Å². The van der Waals surface area contributed by atoms with Crippen LogP contribution < -0.4 is 10.6 Å². The van der Waals surface area contributed by atoms with E-state index in [4.69, 9.17) is 0 Å². The molecule has 0 spiro atoms. The minimum Gasteiger partial charge on any atom is -0.355 e. The van der Waals surface area contributed by atoms with E-state index in [2.05, 4.69) is 25.7 Å². The molecule has 29 heavy (non-hydrogen) atoms. The number of halogens is 1. The van der Waals surface area contributed by atoms with E-state index in [9.17, 15) is 4.79 Å². The SMILES string of the molecule is CN=C(NCc1ccnc(-n2cccn2)c1)NCC1(C(=O)N(C)C)CCCC1.I. The lowest BCUT2D eigenvalue weighted by Crippen LogP contribution is -2.49. The molecule has 0 aliphatic heterocycles. The van der Waals surface area contributed by atoms with Crippen molar-refractivity contribution in [1.82, 2.24) is 30.3 Å². The van der Waals surface area contributed by atoms with Gasteiger partial charge in [-0.2, -0.15) is 5.10 Å². The van der Waals surface area contributed by atoms with Crippen LogP contribution in [0.4, 0.5) is 0 Å². The molecule has 1 aliphatic rings. The zero-order valence-corrected chi connectivity index (χ0v) is 19.6. The highest BCUT2D eigenvalue weighted by Crippen LogP contribution is 2.38. The van der Waals surface area contributed by atoms with Crippen molar-refractivity contribution in [2.24, 2.45) is 10.4 Å². The zero-order chi connectivity index (χ0) is 20.0. The summed E-state index contributed by atoms with van der Waals surface area (Å²) >= 11 is 0. The molecule has 1 amide bonds. The monoisotopic (exact) mass is 511 g/mol. The average Bonchev–Trinajstić information content (AvgIpc) is 3.40. The number of aromatic nitrogens is 3. The highest BCUT2D eigenvalue weighted by Gasteiger charge is 2.42. The number of nitrogens with zero attached hydrogens (tertiary/aromatic N) is 5. The third-order valence-corrected chi connectivity index (χ3v) is 5.25. The summed E-state index contributed by atoms with van der Waals surface area (Å²) in [7, 11) is 5.40. The minimum absolute atomic E-state index is 0. The molecule has 8 nitrogen and oxygen atoms in total. The Morgan fingerprint density at radius 3 is 2.66 bits per heavy atom. The van der Waals surface area contributed by atoms with Crippen molar-refractivity contribution in [2.75, 3.05) is 27.7 Å². The molecule has 0 radical (unpaired) electrons. The van der Waals surface area contributed by atoms with E-state index in [1.807, 2.05) is 38.5 Å². The van der Waals surface area contributed by atoms with Crippen LogP contribution in [0.2, 0.25) is 0 Å². The first kappa shape index (κ1) is 23.1. The van der Waals surface area contributed by atoms with Crippen LogP contribution in [0.5, 0.6) is 0 Å². The number of guanidine groups is 1. The first-order chi connectivity index (χ1) is 13.5. The third-order valence-electron chi connectivity index (χ3n) is 5.25. The summed E-state index contributed by atoms with van der Waals surface area (Å²) in [6.07, 6.45) is 9.40. The average molecular weight is 511 g/mol. The van der Waals surface area contributed by atoms with Crippen molar-refractivity contribution in [3.63, 3.8) is 0 Å². The van der Waals surface area contributed by atoms with Gasteiger partial charge in [0, 0.05) is 52.8 Å². The van der Waals surface area contributed by atoms with Gasteiger partial charge in [-0.25, -0.2) is 9.67 Å². The molecule has 0 bridgehead atoms. The Kier molecular flexibility index (Phi) is 8.42. The largest absolute Gasteiger partial charge is 0.355 e. The molecule has 2 aromatic rings. The summed E-state index contributed by atoms with van der Waals surface area (Å²) in [5, 5.41) is 10.9. The van der Waals surface area contributed by atoms with Gasteiger partial charge in [-0.05, 0) is 36.6 Å². The van der Waals surface area contributed by atoms with E-state index in [1.165, 1.54) is 0 Å². The maximum absolute atomic E-state index is 12.7. The maximum Gasteiger partial charge on any atom is 0.230 e. The predicted molar refractivity (Wildman–Crippen MR) is 125 cm³/mol. The van der Waals surface area contributed by atoms with Gasteiger partial charge in [0.05, 0.1) is 5.41 Å². The van der Waals surface area contributed by atoms with Crippen molar-refractivity contribution in [3.05, 3.63) is 42.4 Å². The van der Waals surface area contributed by atoms with E-state index in [0.717, 1.165) is 37.1 Å². The van der Waals surface area contributed by atoms with Crippen LogP contribution in [0.15, 0.2) is 41.8 Å². The fourth-order valence-electron chi connectivity index (χ4n) is 3.75. The second-order valence-corrected chi connectivity index (χ2v) is 7.44. The Morgan fingerprint density at radius 1 is 1.28 bits per heavy atom. The van der Waals surface area contributed by atoms with E-state index < -0.39 is 0 Å². The van der Waals surface area contributed by atoms with Gasteiger partial charge in [-0.3, -0.25) is 9.79 Å². The van der Waals surface area contributed by atoms with Gasteiger partial charge < -0.3 is 15.5 Å². The quantitative estimate of drug-likeness (QED) is 0.353. The molecule has 3 rings (SSSR count). The molecule has 1 fully saturated rings. The van der Waals surface area contributed by atoms with Crippen molar-refractivity contribution in [2.45, 2.75) is 32.2 Å². The number of aliphatic imine (C=N–C) groups is 1. The molecule has 1 aliphatic carbocycles. The van der Waals surface area contributed by atoms with Crippen molar-refractivity contribution < 1.29 is 4.79 Å². The third kappa shape index (κ3) is 5.68. The molecule has 0 atom stereocenters. The fraction of sp³-hybridized carbons (Fsp3) is 0.500.